The highest BCUT2D eigenvalue weighted by Crippen LogP contribution is 2.29. The summed E-state index contributed by atoms with van der Waals surface area (Å²) in [7, 11) is 0. The van der Waals surface area contributed by atoms with Gasteiger partial charge in [-0.3, -0.25) is 0 Å². The second-order valence-electron chi connectivity index (χ2n) is 4.16. The molecule has 0 aliphatic carbocycles. The Bertz CT molecular complexity index is 517. The summed E-state index contributed by atoms with van der Waals surface area (Å²) >= 11 is 1.73. The summed E-state index contributed by atoms with van der Waals surface area (Å²) in [4.78, 5) is 3.37. The van der Waals surface area contributed by atoms with Gasteiger partial charge in [-0.2, -0.15) is 0 Å². The number of fused-ring (bicyclic) bond motifs is 1. The summed E-state index contributed by atoms with van der Waals surface area (Å²) in [6.45, 7) is 2.10. The molecule has 18 heavy (non-hydrogen) atoms. The van der Waals surface area contributed by atoms with Gasteiger partial charge in [-0.15, -0.1) is 11.8 Å². The van der Waals surface area contributed by atoms with Crippen LogP contribution in [0, 0.1) is 0 Å². The first-order chi connectivity index (χ1) is 8.72. The van der Waals surface area contributed by atoms with Crippen molar-refractivity contribution in [2.24, 2.45) is 10.9 Å². The Morgan fingerprint density at radius 2 is 2.28 bits per heavy atom. The van der Waals surface area contributed by atoms with E-state index in [-0.39, 0.29) is 5.84 Å². The molecule has 1 aromatic heterocycles. The smallest absolute Gasteiger partial charge is 0.140 e. The van der Waals surface area contributed by atoms with E-state index >= 15 is 0 Å². The van der Waals surface area contributed by atoms with Gasteiger partial charge in [0.2, 0.25) is 0 Å². The third-order valence-corrected chi connectivity index (χ3v) is 4.13. The molecule has 1 unspecified atom stereocenters. The lowest BCUT2D eigenvalue weighted by molar-refractivity contribution is 0.316. The average Bonchev–Trinajstić information content (AvgIpc) is 2.79. The van der Waals surface area contributed by atoms with Crippen LogP contribution in [0.4, 0.5) is 0 Å². The number of H-pyrrole nitrogens is 1. The molecule has 1 aromatic carbocycles. The van der Waals surface area contributed by atoms with Gasteiger partial charge in [-0.1, -0.05) is 30.3 Å². The van der Waals surface area contributed by atoms with Crippen LogP contribution in [-0.4, -0.2) is 21.3 Å². The Hall–Kier alpha value is -1.62. The van der Waals surface area contributed by atoms with Crippen LogP contribution in [0.15, 0.2) is 40.5 Å². The van der Waals surface area contributed by atoms with E-state index in [1.165, 1.54) is 5.39 Å². The molecule has 0 spiro atoms. The number of thioether (sulfide) groups is 1. The highest BCUT2D eigenvalue weighted by Gasteiger charge is 2.12. The normalized spacial score (nSPS) is 13.9. The number of hydrogen-bond acceptors (Lipinski definition) is 3. The molecule has 1 heterocycles. The van der Waals surface area contributed by atoms with E-state index in [0.717, 1.165) is 17.0 Å². The molecule has 0 fully saturated rings. The van der Waals surface area contributed by atoms with Gasteiger partial charge in [-0.25, -0.2) is 0 Å². The molecule has 0 amide bonds. The number of aromatic nitrogens is 1. The molecule has 0 saturated heterocycles. The van der Waals surface area contributed by atoms with Gasteiger partial charge in [0.25, 0.3) is 0 Å². The lowest BCUT2D eigenvalue weighted by atomic mass is 10.2. The van der Waals surface area contributed by atoms with E-state index in [2.05, 4.69) is 35.3 Å². The van der Waals surface area contributed by atoms with Gasteiger partial charge < -0.3 is 15.9 Å². The second kappa shape index (κ2) is 5.82. The maximum absolute atomic E-state index is 8.61. The summed E-state index contributed by atoms with van der Waals surface area (Å²) in [5.74, 6) is 0.283. The van der Waals surface area contributed by atoms with Crippen LogP contribution in [0.3, 0.4) is 0 Å². The highest BCUT2D eigenvalue weighted by molar-refractivity contribution is 7.99. The van der Waals surface area contributed by atoms with Crippen molar-refractivity contribution >= 4 is 28.5 Å². The lowest BCUT2D eigenvalue weighted by Crippen LogP contribution is -2.18. The van der Waals surface area contributed by atoms with E-state index in [1.54, 1.807) is 11.8 Å². The van der Waals surface area contributed by atoms with Gasteiger partial charge in [0.1, 0.15) is 5.84 Å². The summed E-state index contributed by atoms with van der Waals surface area (Å²) in [6, 6.07) is 10.3. The van der Waals surface area contributed by atoms with Crippen molar-refractivity contribution in [3.05, 3.63) is 30.3 Å². The molecule has 96 valence electrons. The quantitative estimate of drug-likeness (QED) is 0.255. The number of rotatable bonds is 5. The number of nitrogens with two attached hydrogens (primary N) is 1. The molecule has 0 aliphatic rings. The van der Waals surface area contributed by atoms with Crippen molar-refractivity contribution in [3.8, 4) is 0 Å². The van der Waals surface area contributed by atoms with Crippen molar-refractivity contribution in [2.75, 3.05) is 0 Å². The third-order valence-electron chi connectivity index (χ3n) is 2.82. The third kappa shape index (κ3) is 2.98. The zero-order valence-electron chi connectivity index (χ0n) is 10.3. The maximum Gasteiger partial charge on any atom is 0.140 e. The van der Waals surface area contributed by atoms with Crippen molar-refractivity contribution in [1.29, 1.82) is 0 Å². The minimum Gasteiger partial charge on any atom is -0.409 e. The number of oxime groups is 1. The Labute approximate surface area is 110 Å². The van der Waals surface area contributed by atoms with Gasteiger partial charge in [0, 0.05) is 22.6 Å². The Kier molecular flexibility index (Phi) is 4.15. The van der Waals surface area contributed by atoms with E-state index in [1.807, 2.05) is 12.1 Å². The van der Waals surface area contributed by atoms with Crippen LogP contribution in [0.2, 0.25) is 0 Å². The number of hydrogen-bond donors (Lipinski definition) is 3. The van der Waals surface area contributed by atoms with E-state index < -0.39 is 0 Å². The predicted octanol–water partition coefficient (Wildman–Crippen LogP) is 3.18. The molecular weight excluding hydrogens is 246 g/mol. The zero-order chi connectivity index (χ0) is 13.0. The molecule has 0 radical (unpaired) electrons. The average molecular weight is 263 g/mol. The van der Waals surface area contributed by atoms with Crippen molar-refractivity contribution in [3.63, 3.8) is 0 Å². The summed E-state index contributed by atoms with van der Waals surface area (Å²) in [6.07, 6.45) is 1.56. The molecule has 4 nitrogen and oxygen atoms in total. The second-order valence-corrected chi connectivity index (χ2v) is 5.51. The molecule has 2 rings (SSSR count). The number of benzene rings is 1. The van der Waals surface area contributed by atoms with Gasteiger partial charge in [0.05, 0.1) is 5.03 Å². The van der Waals surface area contributed by atoms with Crippen LogP contribution in [-0.2, 0) is 0 Å². The number of nitrogens with one attached hydrogen (secondary N) is 1. The maximum atomic E-state index is 8.61. The SMILES string of the molecule is CCC(C/C(N)=N/O)Sc1cc2ccccc2[nH]1. The number of nitrogens with zero attached hydrogens (tertiary/aromatic N) is 1. The first-order valence-corrected chi connectivity index (χ1v) is 6.81. The van der Waals surface area contributed by atoms with Crippen LogP contribution in [0.5, 0.6) is 0 Å². The molecule has 0 bridgehead atoms. The Morgan fingerprint density at radius 3 is 2.94 bits per heavy atom. The lowest BCUT2D eigenvalue weighted by Gasteiger charge is -2.11. The van der Waals surface area contributed by atoms with Crippen molar-refractivity contribution < 1.29 is 5.21 Å². The first-order valence-electron chi connectivity index (χ1n) is 5.93. The van der Waals surface area contributed by atoms with Crippen molar-refractivity contribution in [2.45, 2.75) is 30.0 Å². The van der Waals surface area contributed by atoms with Gasteiger partial charge in [0.15, 0.2) is 0 Å². The molecule has 1 atom stereocenters. The molecule has 2 aromatic rings. The number of aromatic amines is 1. The molecule has 0 aliphatic heterocycles. The zero-order valence-corrected chi connectivity index (χ0v) is 11.1. The first kappa shape index (κ1) is 12.8. The summed E-state index contributed by atoms with van der Waals surface area (Å²) < 4.78 is 0. The molecule has 4 N–H and O–H groups in total. The Morgan fingerprint density at radius 1 is 1.50 bits per heavy atom. The minimum absolute atomic E-state index is 0.283. The van der Waals surface area contributed by atoms with Crippen molar-refractivity contribution in [1.82, 2.24) is 4.98 Å². The van der Waals surface area contributed by atoms with E-state index in [0.29, 0.717) is 11.7 Å². The van der Waals surface area contributed by atoms with Crippen LogP contribution in [0.1, 0.15) is 19.8 Å². The highest BCUT2D eigenvalue weighted by atomic mass is 32.2. The molecule has 0 saturated carbocycles. The fraction of sp³-hybridized carbons (Fsp3) is 0.308. The minimum atomic E-state index is 0.283. The fourth-order valence-corrected chi connectivity index (χ4v) is 2.98. The number of amidine groups is 1. The predicted molar refractivity (Wildman–Crippen MR) is 76.3 cm³/mol. The molecule has 5 heteroatoms. The van der Waals surface area contributed by atoms with Crippen LogP contribution in [0.25, 0.3) is 10.9 Å². The van der Waals surface area contributed by atoms with Gasteiger partial charge >= 0.3 is 0 Å². The van der Waals surface area contributed by atoms with E-state index in [9.17, 15) is 0 Å². The largest absolute Gasteiger partial charge is 0.409 e. The summed E-state index contributed by atoms with van der Waals surface area (Å²) in [5.41, 5.74) is 6.69. The molecular formula is C13H17N3OS. The monoisotopic (exact) mass is 263 g/mol. The van der Waals surface area contributed by atoms with E-state index in [4.69, 9.17) is 10.9 Å². The standard InChI is InChI=1S/C13H17N3OS/c1-2-10(8-12(14)16-17)18-13-7-9-5-3-4-6-11(9)15-13/h3-7,10,15,17H,2,8H2,1H3,(H2,14,16). The van der Waals surface area contributed by atoms with Crippen LogP contribution < -0.4 is 5.73 Å². The topological polar surface area (TPSA) is 74.4 Å². The summed E-state index contributed by atoms with van der Waals surface area (Å²) in [5, 5.41) is 14.3. The van der Waals surface area contributed by atoms with Gasteiger partial charge in [-0.05, 0) is 18.6 Å². The number of para-hydroxylation sites is 1. The fourth-order valence-electron chi connectivity index (χ4n) is 1.83. The Balaban J connectivity index is 2.11. The van der Waals surface area contributed by atoms with Crippen LogP contribution >= 0.6 is 11.8 Å².